The van der Waals surface area contributed by atoms with Gasteiger partial charge in [0.05, 0.1) is 6.42 Å². The van der Waals surface area contributed by atoms with Gasteiger partial charge in [0.1, 0.15) is 0 Å². The van der Waals surface area contributed by atoms with Gasteiger partial charge < -0.3 is 5.11 Å². The first kappa shape index (κ1) is 15.1. The molecule has 1 saturated carbocycles. The number of ketones is 1. The van der Waals surface area contributed by atoms with Crippen LogP contribution in [0.3, 0.4) is 0 Å². The Morgan fingerprint density at radius 1 is 1.17 bits per heavy atom. The highest BCUT2D eigenvalue weighted by atomic mass is 32.2. The molecule has 0 amide bonds. The Kier molecular flexibility index (Phi) is 5.28. The summed E-state index contributed by atoms with van der Waals surface area (Å²) in [6.07, 6.45) is 4.01. The molecule has 0 aromatic rings. The SMILES string of the molecule is O=C(O)CC(C(=O)CC1CCCCC1)S(=O)(=O)O. The van der Waals surface area contributed by atoms with Gasteiger partial charge in [-0.1, -0.05) is 32.1 Å². The highest BCUT2D eigenvalue weighted by molar-refractivity contribution is 7.87. The van der Waals surface area contributed by atoms with Crippen LogP contribution in [-0.2, 0) is 19.7 Å². The summed E-state index contributed by atoms with van der Waals surface area (Å²) in [7, 11) is -4.64. The molecule has 1 rings (SSSR count). The number of carbonyl (C=O) groups excluding carboxylic acids is 1. The van der Waals surface area contributed by atoms with Gasteiger partial charge in [-0.2, -0.15) is 8.42 Å². The fraction of sp³-hybridized carbons (Fsp3) is 0.818. The van der Waals surface area contributed by atoms with Crippen LogP contribution in [0.5, 0.6) is 0 Å². The van der Waals surface area contributed by atoms with Crippen molar-refractivity contribution in [1.82, 2.24) is 0 Å². The molecule has 2 N–H and O–H groups in total. The van der Waals surface area contributed by atoms with Crippen LogP contribution in [-0.4, -0.2) is 35.1 Å². The lowest BCUT2D eigenvalue weighted by molar-refractivity contribution is -0.138. The summed E-state index contributed by atoms with van der Waals surface area (Å²) in [5.74, 6) is -1.98. The largest absolute Gasteiger partial charge is 0.481 e. The van der Waals surface area contributed by atoms with Crippen LogP contribution < -0.4 is 0 Å². The molecule has 1 aliphatic rings. The quantitative estimate of drug-likeness (QED) is 0.708. The van der Waals surface area contributed by atoms with Crippen molar-refractivity contribution in [3.8, 4) is 0 Å². The molecule has 1 fully saturated rings. The van der Waals surface area contributed by atoms with E-state index in [4.69, 9.17) is 9.66 Å². The van der Waals surface area contributed by atoms with Crippen LogP contribution in [0.1, 0.15) is 44.9 Å². The van der Waals surface area contributed by atoms with E-state index in [1.807, 2.05) is 0 Å². The smallest absolute Gasteiger partial charge is 0.305 e. The van der Waals surface area contributed by atoms with Gasteiger partial charge in [0.2, 0.25) is 0 Å². The van der Waals surface area contributed by atoms with Gasteiger partial charge in [-0.05, 0) is 5.92 Å². The maximum absolute atomic E-state index is 11.8. The maximum Gasteiger partial charge on any atom is 0.305 e. The van der Waals surface area contributed by atoms with Crippen molar-refractivity contribution >= 4 is 21.9 Å². The number of carboxylic acids is 1. The third kappa shape index (κ3) is 4.73. The molecule has 1 atom stereocenters. The van der Waals surface area contributed by atoms with Gasteiger partial charge in [-0.3, -0.25) is 14.1 Å². The molecule has 0 aromatic carbocycles. The molecule has 1 aliphatic carbocycles. The van der Waals surface area contributed by atoms with E-state index in [-0.39, 0.29) is 12.3 Å². The number of carbonyl (C=O) groups is 2. The van der Waals surface area contributed by atoms with E-state index in [2.05, 4.69) is 0 Å². The van der Waals surface area contributed by atoms with Gasteiger partial charge in [-0.25, -0.2) is 0 Å². The van der Waals surface area contributed by atoms with Gasteiger partial charge >= 0.3 is 5.97 Å². The molecular weight excluding hydrogens is 260 g/mol. The number of hydrogen-bond donors (Lipinski definition) is 2. The van der Waals surface area contributed by atoms with E-state index in [9.17, 15) is 18.0 Å². The lowest BCUT2D eigenvalue weighted by Crippen LogP contribution is -2.33. The zero-order valence-corrected chi connectivity index (χ0v) is 10.9. The van der Waals surface area contributed by atoms with E-state index in [1.165, 1.54) is 0 Å². The van der Waals surface area contributed by atoms with Crippen LogP contribution in [0, 0.1) is 5.92 Å². The molecule has 7 heteroatoms. The first-order valence-electron chi connectivity index (χ1n) is 6.01. The Balaban J connectivity index is 2.67. The third-order valence-electron chi connectivity index (χ3n) is 3.29. The first-order chi connectivity index (χ1) is 8.30. The van der Waals surface area contributed by atoms with Crippen molar-refractivity contribution in [2.75, 3.05) is 0 Å². The highest BCUT2D eigenvalue weighted by Crippen LogP contribution is 2.27. The van der Waals surface area contributed by atoms with E-state index in [1.54, 1.807) is 0 Å². The topological polar surface area (TPSA) is 109 Å². The lowest BCUT2D eigenvalue weighted by atomic mass is 9.85. The molecule has 0 aliphatic heterocycles. The van der Waals surface area contributed by atoms with E-state index in [0.29, 0.717) is 0 Å². The van der Waals surface area contributed by atoms with Crippen molar-refractivity contribution in [3.05, 3.63) is 0 Å². The number of rotatable bonds is 6. The van der Waals surface area contributed by atoms with Gasteiger partial charge in [0.25, 0.3) is 10.1 Å². The van der Waals surface area contributed by atoms with Crippen molar-refractivity contribution in [2.45, 2.75) is 50.2 Å². The monoisotopic (exact) mass is 278 g/mol. The van der Waals surface area contributed by atoms with Gasteiger partial charge in [0.15, 0.2) is 11.0 Å². The number of hydrogen-bond acceptors (Lipinski definition) is 4. The predicted octanol–water partition coefficient (Wildman–Crippen LogP) is 1.26. The Labute approximate surface area is 106 Å². The second kappa shape index (κ2) is 6.29. The summed E-state index contributed by atoms with van der Waals surface area (Å²) in [6.45, 7) is 0. The van der Waals surface area contributed by atoms with E-state index < -0.39 is 33.5 Å². The first-order valence-corrected chi connectivity index (χ1v) is 7.52. The average molecular weight is 278 g/mol. The molecule has 104 valence electrons. The second-order valence-electron chi connectivity index (χ2n) is 4.78. The third-order valence-corrected chi connectivity index (χ3v) is 4.44. The van der Waals surface area contributed by atoms with Crippen molar-refractivity contribution < 1.29 is 27.7 Å². The predicted molar refractivity (Wildman–Crippen MR) is 63.8 cm³/mol. The Morgan fingerprint density at radius 2 is 1.72 bits per heavy atom. The molecule has 6 nitrogen and oxygen atoms in total. The summed E-state index contributed by atoms with van der Waals surface area (Å²) >= 11 is 0. The minimum atomic E-state index is -4.64. The summed E-state index contributed by atoms with van der Waals surface area (Å²) in [5, 5.41) is 6.75. The van der Waals surface area contributed by atoms with Crippen molar-refractivity contribution in [3.63, 3.8) is 0 Å². The Hall–Kier alpha value is -0.950. The molecule has 0 bridgehead atoms. The Bertz CT molecular complexity index is 407. The van der Waals surface area contributed by atoms with Crippen molar-refractivity contribution in [1.29, 1.82) is 0 Å². The number of aliphatic carboxylic acids is 1. The maximum atomic E-state index is 11.8. The van der Waals surface area contributed by atoms with Crippen LogP contribution in [0.4, 0.5) is 0 Å². The fourth-order valence-corrected chi connectivity index (χ4v) is 3.13. The minimum absolute atomic E-state index is 0.0394. The standard InChI is InChI=1S/C11H18O6S/c12-9(6-8-4-2-1-3-5-8)10(7-11(13)14)18(15,16)17/h8,10H,1-7H2,(H,13,14)(H,15,16,17). The van der Waals surface area contributed by atoms with Gasteiger partial charge in [0, 0.05) is 6.42 Å². The Morgan fingerprint density at radius 3 is 2.17 bits per heavy atom. The van der Waals surface area contributed by atoms with Crippen LogP contribution in [0.25, 0.3) is 0 Å². The molecule has 1 unspecified atom stereocenters. The molecular formula is C11H18O6S. The van der Waals surface area contributed by atoms with Crippen LogP contribution in [0.2, 0.25) is 0 Å². The minimum Gasteiger partial charge on any atom is -0.481 e. The summed E-state index contributed by atoms with van der Waals surface area (Å²) in [6, 6.07) is 0. The molecule has 0 saturated heterocycles. The van der Waals surface area contributed by atoms with Gasteiger partial charge in [-0.15, -0.1) is 0 Å². The molecule has 0 aromatic heterocycles. The summed E-state index contributed by atoms with van der Waals surface area (Å²) < 4.78 is 31.0. The zero-order valence-electron chi connectivity index (χ0n) is 10.0. The number of carboxylic acid groups (broad SMARTS) is 1. The van der Waals surface area contributed by atoms with Crippen molar-refractivity contribution in [2.24, 2.45) is 5.92 Å². The van der Waals surface area contributed by atoms with Crippen LogP contribution in [0.15, 0.2) is 0 Å². The molecule has 0 spiro atoms. The average Bonchev–Trinajstić information content (AvgIpc) is 2.25. The zero-order chi connectivity index (χ0) is 13.8. The van der Waals surface area contributed by atoms with E-state index >= 15 is 0 Å². The number of Topliss-reactive ketones (excluding diaryl/α,β-unsaturated/α-hetero) is 1. The molecule has 0 radical (unpaired) electrons. The summed E-state index contributed by atoms with van der Waals surface area (Å²) in [5.41, 5.74) is 0. The highest BCUT2D eigenvalue weighted by Gasteiger charge is 2.34. The fourth-order valence-electron chi connectivity index (χ4n) is 2.35. The second-order valence-corrected chi connectivity index (χ2v) is 6.37. The van der Waals surface area contributed by atoms with E-state index in [0.717, 1.165) is 32.1 Å². The molecule has 0 heterocycles. The normalized spacial score (nSPS) is 19.4. The lowest BCUT2D eigenvalue weighted by Gasteiger charge is -2.22. The molecule has 18 heavy (non-hydrogen) atoms. The summed E-state index contributed by atoms with van der Waals surface area (Å²) in [4.78, 5) is 22.3. The van der Waals surface area contributed by atoms with Crippen LogP contribution >= 0.6 is 0 Å².